The van der Waals surface area contributed by atoms with Gasteiger partial charge in [-0.1, -0.05) is 0 Å². The van der Waals surface area contributed by atoms with Crippen molar-refractivity contribution in [1.82, 2.24) is 9.78 Å². The largest absolute Gasteiger partial charge is 0.497 e. The van der Waals surface area contributed by atoms with Crippen LogP contribution in [-0.4, -0.2) is 16.9 Å². The van der Waals surface area contributed by atoms with Crippen LogP contribution in [0.3, 0.4) is 0 Å². The molecule has 1 unspecified atom stereocenters. The number of nitrogens with zero attached hydrogens (tertiary/aromatic N) is 2. The van der Waals surface area contributed by atoms with Crippen LogP contribution in [0.1, 0.15) is 18.7 Å². The fourth-order valence-electron chi connectivity index (χ4n) is 1.82. The monoisotopic (exact) mass is 231 g/mol. The molecule has 0 aliphatic carbocycles. The topological polar surface area (TPSA) is 39.1 Å². The van der Waals surface area contributed by atoms with Crippen molar-refractivity contribution in [3.05, 3.63) is 42.2 Å². The van der Waals surface area contributed by atoms with Gasteiger partial charge in [0.2, 0.25) is 0 Å². The van der Waals surface area contributed by atoms with E-state index in [-0.39, 0.29) is 6.04 Å². The number of nitrogens with one attached hydrogen (secondary N) is 1. The van der Waals surface area contributed by atoms with E-state index in [4.69, 9.17) is 4.74 Å². The van der Waals surface area contributed by atoms with Crippen LogP contribution in [0, 0.1) is 0 Å². The molecule has 0 saturated heterocycles. The summed E-state index contributed by atoms with van der Waals surface area (Å²) in [6, 6.07) is 10.1. The first-order chi connectivity index (χ1) is 8.20. The Morgan fingerprint density at radius 2 is 1.94 bits per heavy atom. The van der Waals surface area contributed by atoms with Crippen LogP contribution < -0.4 is 10.1 Å². The Labute approximate surface area is 101 Å². The summed E-state index contributed by atoms with van der Waals surface area (Å²) in [7, 11) is 3.61. The summed E-state index contributed by atoms with van der Waals surface area (Å²) in [6.45, 7) is 2.11. The second-order valence-corrected chi connectivity index (χ2v) is 3.97. The van der Waals surface area contributed by atoms with Gasteiger partial charge in [0.05, 0.1) is 18.8 Å². The molecule has 0 bridgehead atoms. The van der Waals surface area contributed by atoms with Gasteiger partial charge in [-0.3, -0.25) is 4.68 Å². The molecular weight excluding hydrogens is 214 g/mol. The van der Waals surface area contributed by atoms with Crippen molar-refractivity contribution >= 4 is 5.69 Å². The lowest BCUT2D eigenvalue weighted by Gasteiger charge is -2.15. The van der Waals surface area contributed by atoms with Crippen LogP contribution in [0.5, 0.6) is 5.75 Å². The van der Waals surface area contributed by atoms with Gasteiger partial charge in [0.15, 0.2) is 0 Å². The smallest absolute Gasteiger partial charge is 0.119 e. The third-order valence-electron chi connectivity index (χ3n) is 2.78. The average Bonchev–Trinajstić information content (AvgIpc) is 2.76. The van der Waals surface area contributed by atoms with Crippen molar-refractivity contribution in [2.75, 3.05) is 12.4 Å². The molecule has 1 N–H and O–H groups in total. The molecule has 4 nitrogen and oxygen atoms in total. The molecule has 4 heteroatoms. The van der Waals surface area contributed by atoms with E-state index in [0.717, 1.165) is 17.1 Å². The van der Waals surface area contributed by atoms with Gasteiger partial charge in [-0.05, 0) is 37.3 Å². The number of methoxy groups -OCH3 is 1. The highest BCUT2D eigenvalue weighted by Crippen LogP contribution is 2.20. The molecule has 0 amide bonds. The average molecular weight is 231 g/mol. The van der Waals surface area contributed by atoms with Crippen LogP contribution in [0.2, 0.25) is 0 Å². The molecule has 0 fully saturated rings. The van der Waals surface area contributed by atoms with Crippen LogP contribution in [0.15, 0.2) is 36.5 Å². The second-order valence-electron chi connectivity index (χ2n) is 3.97. The Bertz CT molecular complexity index is 476. The minimum Gasteiger partial charge on any atom is -0.497 e. The van der Waals surface area contributed by atoms with Crippen LogP contribution in [-0.2, 0) is 7.05 Å². The van der Waals surface area contributed by atoms with Crippen molar-refractivity contribution in [3.8, 4) is 5.75 Å². The Kier molecular flexibility index (Phi) is 3.32. The molecule has 90 valence electrons. The lowest BCUT2D eigenvalue weighted by Crippen LogP contribution is -2.11. The summed E-state index contributed by atoms with van der Waals surface area (Å²) in [6.07, 6.45) is 1.81. The maximum absolute atomic E-state index is 5.12. The van der Waals surface area contributed by atoms with E-state index in [1.165, 1.54) is 0 Å². The second kappa shape index (κ2) is 4.91. The van der Waals surface area contributed by atoms with Gasteiger partial charge in [-0.15, -0.1) is 0 Å². The standard InChI is InChI=1S/C13H17N3O/c1-10(13-8-9-14-16(13)2)15-11-4-6-12(17-3)7-5-11/h4-10,15H,1-3H3. The zero-order valence-electron chi connectivity index (χ0n) is 10.3. The van der Waals surface area contributed by atoms with Crippen molar-refractivity contribution in [3.63, 3.8) is 0 Å². The predicted molar refractivity (Wildman–Crippen MR) is 68.2 cm³/mol. The molecule has 0 saturated carbocycles. The van der Waals surface area contributed by atoms with E-state index >= 15 is 0 Å². The van der Waals surface area contributed by atoms with Crippen molar-refractivity contribution in [2.24, 2.45) is 7.05 Å². The Balaban J connectivity index is 2.07. The first kappa shape index (κ1) is 11.5. The number of benzene rings is 1. The Hall–Kier alpha value is -1.97. The summed E-state index contributed by atoms with van der Waals surface area (Å²) in [5.41, 5.74) is 2.22. The van der Waals surface area contributed by atoms with E-state index in [1.54, 1.807) is 7.11 Å². The highest BCUT2D eigenvalue weighted by molar-refractivity contribution is 5.47. The number of ether oxygens (including phenoxy) is 1. The summed E-state index contributed by atoms with van der Waals surface area (Å²) in [5.74, 6) is 0.865. The Morgan fingerprint density at radius 3 is 2.47 bits per heavy atom. The molecule has 2 aromatic rings. The number of anilines is 1. The first-order valence-electron chi connectivity index (χ1n) is 5.59. The fourth-order valence-corrected chi connectivity index (χ4v) is 1.82. The van der Waals surface area contributed by atoms with Gasteiger partial charge in [0.25, 0.3) is 0 Å². The molecule has 0 aliphatic heterocycles. The van der Waals surface area contributed by atoms with E-state index in [9.17, 15) is 0 Å². The van der Waals surface area contributed by atoms with Gasteiger partial charge < -0.3 is 10.1 Å². The highest BCUT2D eigenvalue weighted by Gasteiger charge is 2.08. The molecule has 1 atom stereocenters. The quantitative estimate of drug-likeness (QED) is 0.879. The number of rotatable bonds is 4. The third kappa shape index (κ3) is 2.58. The lowest BCUT2D eigenvalue weighted by atomic mass is 10.2. The molecule has 1 aromatic carbocycles. The fraction of sp³-hybridized carbons (Fsp3) is 0.308. The minimum atomic E-state index is 0.218. The van der Waals surface area contributed by atoms with E-state index < -0.39 is 0 Å². The summed E-state index contributed by atoms with van der Waals surface area (Å²) >= 11 is 0. The van der Waals surface area contributed by atoms with Crippen molar-refractivity contribution in [2.45, 2.75) is 13.0 Å². The predicted octanol–water partition coefficient (Wildman–Crippen LogP) is 2.60. The van der Waals surface area contributed by atoms with Gasteiger partial charge in [0.1, 0.15) is 5.75 Å². The zero-order valence-corrected chi connectivity index (χ0v) is 10.3. The molecular formula is C13H17N3O. The first-order valence-corrected chi connectivity index (χ1v) is 5.59. The van der Waals surface area contributed by atoms with Gasteiger partial charge >= 0.3 is 0 Å². The summed E-state index contributed by atoms with van der Waals surface area (Å²) < 4.78 is 7.00. The van der Waals surface area contributed by atoms with Crippen LogP contribution in [0.4, 0.5) is 5.69 Å². The maximum Gasteiger partial charge on any atom is 0.119 e. The summed E-state index contributed by atoms with van der Waals surface area (Å²) in [5, 5.41) is 7.58. The summed E-state index contributed by atoms with van der Waals surface area (Å²) in [4.78, 5) is 0. The molecule has 17 heavy (non-hydrogen) atoms. The normalized spacial score (nSPS) is 12.2. The zero-order chi connectivity index (χ0) is 12.3. The van der Waals surface area contributed by atoms with Gasteiger partial charge in [-0.25, -0.2) is 0 Å². The lowest BCUT2D eigenvalue weighted by molar-refractivity contribution is 0.415. The molecule has 0 aliphatic rings. The number of hydrogen-bond acceptors (Lipinski definition) is 3. The van der Waals surface area contributed by atoms with Crippen molar-refractivity contribution in [1.29, 1.82) is 0 Å². The molecule has 0 radical (unpaired) electrons. The van der Waals surface area contributed by atoms with Gasteiger partial charge in [-0.2, -0.15) is 5.10 Å². The molecule has 1 aromatic heterocycles. The van der Waals surface area contributed by atoms with E-state index in [1.807, 2.05) is 48.3 Å². The molecule has 2 rings (SSSR count). The number of aryl methyl sites for hydroxylation is 1. The maximum atomic E-state index is 5.12. The molecule has 1 heterocycles. The van der Waals surface area contributed by atoms with E-state index in [2.05, 4.69) is 17.3 Å². The number of aromatic nitrogens is 2. The third-order valence-corrected chi connectivity index (χ3v) is 2.78. The minimum absolute atomic E-state index is 0.218. The van der Waals surface area contributed by atoms with Crippen molar-refractivity contribution < 1.29 is 4.74 Å². The van der Waals surface area contributed by atoms with Crippen LogP contribution >= 0.6 is 0 Å². The van der Waals surface area contributed by atoms with Gasteiger partial charge in [0, 0.05) is 18.9 Å². The highest BCUT2D eigenvalue weighted by atomic mass is 16.5. The number of hydrogen-bond donors (Lipinski definition) is 1. The van der Waals surface area contributed by atoms with Crippen LogP contribution in [0.25, 0.3) is 0 Å². The molecule has 0 spiro atoms. The Morgan fingerprint density at radius 1 is 1.24 bits per heavy atom. The SMILES string of the molecule is COc1ccc(NC(C)c2ccnn2C)cc1. The van der Waals surface area contributed by atoms with E-state index in [0.29, 0.717) is 0 Å².